The summed E-state index contributed by atoms with van der Waals surface area (Å²) < 4.78 is 5.07. The molecular weight excluding hydrogens is 238 g/mol. The standard InChI is InChI=1S/C15H25N3O/c1-4-18-9-5-6-13(11-18)12(2)17-14-7-8-15(19-3)16-10-14/h7-8,10,12-13,17H,4-6,9,11H2,1-3H3. The van der Waals surface area contributed by atoms with Gasteiger partial charge in [0.25, 0.3) is 0 Å². The molecule has 0 amide bonds. The molecule has 0 aliphatic carbocycles. The van der Waals surface area contributed by atoms with Crippen molar-refractivity contribution in [1.82, 2.24) is 9.88 Å². The van der Waals surface area contributed by atoms with E-state index in [0.717, 1.165) is 18.2 Å². The number of ether oxygens (including phenoxy) is 1. The Morgan fingerprint density at radius 3 is 3.00 bits per heavy atom. The van der Waals surface area contributed by atoms with Crippen molar-refractivity contribution < 1.29 is 4.74 Å². The van der Waals surface area contributed by atoms with Crippen molar-refractivity contribution in [2.45, 2.75) is 32.7 Å². The fourth-order valence-electron chi connectivity index (χ4n) is 2.75. The average Bonchev–Trinajstić information content (AvgIpc) is 2.48. The Kier molecular flexibility index (Phi) is 5.02. The van der Waals surface area contributed by atoms with Crippen molar-refractivity contribution in [3.63, 3.8) is 0 Å². The van der Waals surface area contributed by atoms with Gasteiger partial charge in [-0.1, -0.05) is 6.92 Å². The van der Waals surface area contributed by atoms with E-state index in [1.807, 2.05) is 18.3 Å². The van der Waals surface area contributed by atoms with E-state index in [1.54, 1.807) is 7.11 Å². The highest BCUT2D eigenvalue weighted by molar-refractivity contribution is 5.43. The minimum Gasteiger partial charge on any atom is -0.481 e. The van der Waals surface area contributed by atoms with Crippen molar-refractivity contribution >= 4 is 5.69 Å². The molecule has 1 aromatic rings. The van der Waals surface area contributed by atoms with Crippen LogP contribution in [0.1, 0.15) is 26.7 Å². The van der Waals surface area contributed by atoms with Crippen LogP contribution in [0.3, 0.4) is 0 Å². The largest absolute Gasteiger partial charge is 0.481 e. The van der Waals surface area contributed by atoms with Gasteiger partial charge in [0.2, 0.25) is 5.88 Å². The highest BCUT2D eigenvalue weighted by atomic mass is 16.5. The lowest BCUT2D eigenvalue weighted by Crippen LogP contribution is -2.41. The quantitative estimate of drug-likeness (QED) is 0.886. The van der Waals surface area contributed by atoms with Gasteiger partial charge in [0.15, 0.2) is 0 Å². The van der Waals surface area contributed by atoms with Crippen LogP contribution in [0.2, 0.25) is 0 Å². The number of nitrogens with one attached hydrogen (secondary N) is 1. The van der Waals surface area contributed by atoms with Crippen LogP contribution < -0.4 is 10.1 Å². The number of hydrogen-bond acceptors (Lipinski definition) is 4. The number of hydrogen-bond donors (Lipinski definition) is 1. The van der Waals surface area contributed by atoms with Gasteiger partial charge in [-0.15, -0.1) is 0 Å². The summed E-state index contributed by atoms with van der Waals surface area (Å²) in [4.78, 5) is 6.77. The lowest BCUT2D eigenvalue weighted by molar-refractivity contribution is 0.172. The van der Waals surface area contributed by atoms with Crippen molar-refractivity contribution in [2.75, 3.05) is 32.1 Å². The fourth-order valence-corrected chi connectivity index (χ4v) is 2.75. The molecule has 2 heterocycles. The zero-order chi connectivity index (χ0) is 13.7. The van der Waals surface area contributed by atoms with Crippen LogP contribution in [0.4, 0.5) is 5.69 Å². The molecule has 0 saturated carbocycles. The molecule has 0 bridgehead atoms. The third kappa shape index (κ3) is 3.83. The maximum absolute atomic E-state index is 5.07. The first-order valence-corrected chi connectivity index (χ1v) is 7.22. The molecule has 2 atom stereocenters. The molecule has 1 aliphatic heterocycles. The second kappa shape index (κ2) is 6.75. The maximum Gasteiger partial charge on any atom is 0.213 e. The SMILES string of the molecule is CCN1CCCC(C(C)Nc2ccc(OC)nc2)C1. The molecule has 4 nitrogen and oxygen atoms in total. The third-order valence-electron chi connectivity index (χ3n) is 4.04. The minimum atomic E-state index is 0.476. The predicted octanol–water partition coefficient (Wildman–Crippen LogP) is 2.62. The lowest BCUT2D eigenvalue weighted by atomic mass is 9.91. The van der Waals surface area contributed by atoms with E-state index in [9.17, 15) is 0 Å². The summed E-state index contributed by atoms with van der Waals surface area (Å²) in [5.41, 5.74) is 1.07. The van der Waals surface area contributed by atoms with Crippen molar-refractivity contribution in [3.05, 3.63) is 18.3 Å². The van der Waals surface area contributed by atoms with Gasteiger partial charge in [-0.05, 0) is 44.8 Å². The summed E-state index contributed by atoms with van der Waals surface area (Å²) in [5.74, 6) is 1.38. The van der Waals surface area contributed by atoms with Crippen molar-refractivity contribution in [3.8, 4) is 5.88 Å². The smallest absolute Gasteiger partial charge is 0.213 e. The molecule has 0 aromatic carbocycles. The summed E-state index contributed by atoms with van der Waals surface area (Å²) in [6, 6.07) is 4.40. The van der Waals surface area contributed by atoms with Crippen LogP contribution in [0, 0.1) is 5.92 Å². The van der Waals surface area contributed by atoms with Crippen LogP contribution in [0.25, 0.3) is 0 Å². The first-order valence-electron chi connectivity index (χ1n) is 7.22. The number of likely N-dealkylation sites (tertiary alicyclic amines) is 1. The summed E-state index contributed by atoms with van der Waals surface area (Å²) in [6.07, 6.45) is 4.47. The first kappa shape index (κ1) is 14.1. The summed E-state index contributed by atoms with van der Waals surface area (Å²) in [7, 11) is 1.64. The number of aromatic nitrogens is 1. The second-order valence-corrected chi connectivity index (χ2v) is 5.32. The molecule has 1 aliphatic rings. The van der Waals surface area contributed by atoms with Crippen molar-refractivity contribution in [2.24, 2.45) is 5.92 Å². The summed E-state index contributed by atoms with van der Waals surface area (Å²) in [6.45, 7) is 8.13. The average molecular weight is 263 g/mol. The summed E-state index contributed by atoms with van der Waals surface area (Å²) in [5, 5.41) is 3.56. The number of anilines is 1. The van der Waals surface area contributed by atoms with E-state index in [4.69, 9.17) is 4.74 Å². The predicted molar refractivity (Wildman–Crippen MR) is 78.7 cm³/mol. The van der Waals surface area contributed by atoms with Crippen molar-refractivity contribution in [1.29, 1.82) is 0 Å². The van der Waals surface area contributed by atoms with Gasteiger partial charge < -0.3 is 15.0 Å². The Hall–Kier alpha value is -1.29. The van der Waals surface area contributed by atoms with Gasteiger partial charge in [0.1, 0.15) is 0 Å². The molecule has 106 valence electrons. The molecule has 4 heteroatoms. The van der Waals surface area contributed by atoms with Gasteiger partial charge in [-0.2, -0.15) is 0 Å². The topological polar surface area (TPSA) is 37.4 Å². The maximum atomic E-state index is 5.07. The molecule has 2 rings (SSSR count). The molecule has 2 unspecified atom stereocenters. The van der Waals surface area contributed by atoms with Crippen LogP contribution >= 0.6 is 0 Å². The molecule has 0 radical (unpaired) electrons. The van der Waals surface area contributed by atoms with Gasteiger partial charge in [-0.3, -0.25) is 0 Å². The van der Waals surface area contributed by atoms with Crippen LogP contribution in [-0.4, -0.2) is 42.7 Å². The molecule has 1 aromatic heterocycles. The summed E-state index contributed by atoms with van der Waals surface area (Å²) >= 11 is 0. The van der Waals surface area contributed by atoms with Crippen LogP contribution in [0.15, 0.2) is 18.3 Å². The van der Waals surface area contributed by atoms with Gasteiger partial charge in [0, 0.05) is 18.7 Å². The Balaban J connectivity index is 1.90. The Bertz CT molecular complexity index is 379. The van der Waals surface area contributed by atoms with E-state index in [-0.39, 0.29) is 0 Å². The highest BCUT2D eigenvalue weighted by Crippen LogP contribution is 2.22. The van der Waals surface area contributed by atoms with Crippen LogP contribution in [0.5, 0.6) is 5.88 Å². The fraction of sp³-hybridized carbons (Fsp3) is 0.667. The van der Waals surface area contributed by atoms with E-state index < -0.39 is 0 Å². The van der Waals surface area contributed by atoms with E-state index in [2.05, 4.69) is 29.0 Å². The molecule has 19 heavy (non-hydrogen) atoms. The molecule has 1 fully saturated rings. The van der Waals surface area contributed by atoms with Crippen LogP contribution in [-0.2, 0) is 0 Å². The number of rotatable bonds is 5. The third-order valence-corrected chi connectivity index (χ3v) is 4.04. The Morgan fingerprint density at radius 2 is 2.37 bits per heavy atom. The Morgan fingerprint density at radius 1 is 1.53 bits per heavy atom. The first-order chi connectivity index (χ1) is 9.22. The van der Waals surface area contributed by atoms with Gasteiger partial charge >= 0.3 is 0 Å². The zero-order valence-corrected chi connectivity index (χ0v) is 12.2. The lowest BCUT2D eigenvalue weighted by Gasteiger charge is -2.35. The van der Waals surface area contributed by atoms with Gasteiger partial charge in [0.05, 0.1) is 19.0 Å². The number of piperidine rings is 1. The molecular formula is C15H25N3O. The minimum absolute atomic E-state index is 0.476. The van der Waals surface area contributed by atoms with Gasteiger partial charge in [-0.25, -0.2) is 4.98 Å². The number of methoxy groups -OCH3 is 1. The second-order valence-electron chi connectivity index (χ2n) is 5.32. The van der Waals surface area contributed by atoms with E-state index in [1.165, 1.54) is 25.9 Å². The number of nitrogens with zero attached hydrogens (tertiary/aromatic N) is 2. The monoisotopic (exact) mass is 263 g/mol. The Labute approximate surface area is 116 Å². The number of pyridine rings is 1. The highest BCUT2D eigenvalue weighted by Gasteiger charge is 2.23. The molecule has 1 saturated heterocycles. The molecule has 0 spiro atoms. The van der Waals surface area contributed by atoms with E-state index >= 15 is 0 Å². The normalized spacial score (nSPS) is 21.9. The zero-order valence-electron chi connectivity index (χ0n) is 12.2. The van der Waals surface area contributed by atoms with E-state index in [0.29, 0.717) is 11.9 Å². The molecule has 1 N–H and O–H groups in total.